The lowest BCUT2D eigenvalue weighted by Gasteiger charge is -2.16. The van der Waals surface area contributed by atoms with E-state index in [1.807, 2.05) is 24.3 Å². The van der Waals surface area contributed by atoms with E-state index in [0.717, 1.165) is 11.3 Å². The molecule has 0 aliphatic heterocycles. The fraction of sp³-hybridized carbons (Fsp3) is 0.600. The molecule has 1 aliphatic rings. The summed E-state index contributed by atoms with van der Waals surface area (Å²) in [5.41, 5.74) is 1.25. The highest BCUT2D eigenvalue weighted by atomic mass is 16.5. The minimum Gasteiger partial charge on any atom is -0.496 e. The van der Waals surface area contributed by atoms with Crippen LogP contribution < -0.4 is 4.74 Å². The first-order chi connectivity index (χ1) is 7.84. The zero-order chi connectivity index (χ0) is 12.8. The number of para-hydroxylation sites is 1. The van der Waals surface area contributed by atoms with Gasteiger partial charge in [-0.15, -0.1) is 0 Å². The van der Waals surface area contributed by atoms with Gasteiger partial charge in [-0.05, 0) is 16.9 Å². The number of hydrogen-bond acceptors (Lipinski definition) is 2. The van der Waals surface area contributed by atoms with Crippen molar-refractivity contribution in [3.8, 4) is 5.75 Å². The first kappa shape index (κ1) is 12.4. The Morgan fingerprint density at radius 3 is 2.12 bits per heavy atom. The maximum Gasteiger partial charge on any atom is 0.124 e. The number of methoxy groups -OCH3 is 1. The standard InChI is InChI=1S/C15H22O2/c1-14(2)13(15(14,3)4)12(16)10-8-6-7-9-11(10)17-5/h6-9,12-13,16H,1-5H3. The molecule has 0 saturated heterocycles. The second-order valence-electron chi connectivity index (χ2n) is 6.11. The average Bonchev–Trinajstić information content (AvgIpc) is 2.68. The third kappa shape index (κ3) is 1.66. The molecule has 0 amide bonds. The summed E-state index contributed by atoms with van der Waals surface area (Å²) in [6, 6.07) is 7.73. The lowest BCUT2D eigenvalue weighted by atomic mass is 9.99. The van der Waals surface area contributed by atoms with Crippen LogP contribution in [0.4, 0.5) is 0 Å². The van der Waals surface area contributed by atoms with Crippen molar-refractivity contribution in [1.82, 2.24) is 0 Å². The Hall–Kier alpha value is -1.02. The first-order valence-electron chi connectivity index (χ1n) is 6.15. The molecule has 1 aromatic carbocycles. The fourth-order valence-corrected chi connectivity index (χ4v) is 3.13. The molecule has 2 heteroatoms. The van der Waals surface area contributed by atoms with Gasteiger partial charge in [0.25, 0.3) is 0 Å². The van der Waals surface area contributed by atoms with E-state index in [4.69, 9.17) is 4.74 Å². The van der Waals surface area contributed by atoms with E-state index in [-0.39, 0.29) is 16.7 Å². The van der Waals surface area contributed by atoms with E-state index >= 15 is 0 Å². The topological polar surface area (TPSA) is 29.5 Å². The van der Waals surface area contributed by atoms with Gasteiger partial charge >= 0.3 is 0 Å². The van der Waals surface area contributed by atoms with Gasteiger partial charge in [-0.1, -0.05) is 45.9 Å². The van der Waals surface area contributed by atoms with Crippen LogP contribution >= 0.6 is 0 Å². The van der Waals surface area contributed by atoms with Crippen molar-refractivity contribution in [3.63, 3.8) is 0 Å². The Balaban J connectivity index is 2.31. The molecule has 17 heavy (non-hydrogen) atoms. The highest BCUT2D eigenvalue weighted by Crippen LogP contribution is 2.72. The van der Waals surface area contributed by atoms with Crippen molar-refractivity contribution in [3.05, 3.63) is 29.8 Å². The summed E-state index contributed by atoms with van der Waals surface area (Å²) in [5.74, 6) is 1.06. The Morgan fingerprint density at radius 2 is 1.65 bits per heavy atom. The molecule has 0 spiro atoms. The third-order valence-electron chi connectivity index (χ3n) is 4.91. The first-order valence-corrected chi connectivity index (χ1v) is 6.15. The zero-order valence-electron chi connectivity index (χ0n) is 11.3. The van der Waals surface area contributed by atoms with Crippen LogP contribution in [0.25, 0.3) is 0 Å². The molecular formula is C15H22O2. The molecule has 1 atom stereocenters. The number of aliphatic hydroxyl groups excluding tert-OH is 1. The van der Waals surface area contributed by atoms with Crippen LogP contribution in [0.1, 0.15) is 39.4 Å². The SMILES string of the molecule is COc1ccccc1C(O)C1C(C)(C)C1(C)C. The Bertz CT molecular complexity index is 407. The molecule has 1 unspecified atom stereocenters. The van der Waals surface area contributed by atoms with Crippen LogP contribution in [-0.4, -0.2) is 12.2 Å². The molecule has 1 aromatic rings. The van der Waals surface area contributed by atoms with Crippen LogP contribution in [0.2, 0.25) is 0 Å². The van der Waals surface area contributed by atoms with Gasteiger partial charge in [-0.2, -0.15) is 0 Å². The molecule has 94 valence electrons. The van der Waals surface area contributed by atoms with Crippen molar-refractivity contribution in [2.45, 2.75) is 33.8 Å². The number of benzene rings is 1. The lowest BCUT2D eigenvalue weighted by Crippen LogP contribution is -2.07. The van der Waals surface area contributed by atoms with Crippen molar-refractivity contribution in [1.29, 1.82) is 0 Å². The molecule has 0 heterocycles. The number of rotatable bonds is 3. The molecule has 2 nitrogen and oxygen atoms in total. The van der Waals surface area contributed by atoms with E-state index < -0.39 is 6.10 Å². The molecule has 1 saturated carbocycles. The van der Waals surface area contributed by atoms with Crippen LogP contribution in [0, 0.1) is 16.7 Å². The summed E-state index contributed by atoms with van der Waals surface area (Å²) in [5, 5.41) is 10.6. The molecule has 1 fully saturated rings. The van der Waals surface area contributed by atoms with Crippen LogP contribution in [0.3, 0.4) is 0 Å². The van der Waals surface area contributed by atoms with Gasteiger partial charge in [0, 0.05) is 11.5 Å². The lowest BCUT2D eigenvalue weighted by molar-refractivity contribution is 0.127. The summed E-state index contributed by atoms with van der Waals surface area (Å²) in [6.45, 7) is 8.87. The van der Waals surface area contributed by atoms with Crippen molar-refractivity contribution in [2.75, 3.05) is 7.11 Å². The second kappa shape index (κ2) is 3.74. The fourth-order valence-electron chi connectivity index (χ4n) is 3.13. The summed E-state index contributed by atoms with van der Waals surface area (Å²) in [4.78, 5) is 0. The maximum atomic E-state index is 10.6. The van der Waals surface area contributed by atoms with Crippen molar-refractivity contribution in [2.24, 2.45) is 16.7 Å². The average molecular weight is 234 g/mol. The van der Waals surface area contributed by atoms with Gasteiger partial charge in [0.2, 0.25) is 0 Å². The quantitative estimate of drug-likeness (QED) is 0.868. The molecule has 0 radical (unpaired) electrons. The minimum atomic E-state index is -0.448. The molecule has 1 aliphatic carbocycles. The second-order valence-corrected chi connectivity index (χ2v) is 6.11. The van der Waals surface area contributed by atoms with Crippen molar-refractivity contribution >= 4 is 0 Å². The summed E-state index contributed by atoms with van der Waals surface area (Å²) in [6.07, 6.45) is -0.448. The molecule has 0 aromatic heterocycles. The predicted molar refractivity (Wildman–Crippen MR) is 69.0 cm³/mol. The van der Waals surface area contributed by atoms with E-state index in [0.29, 0.717) is 0 Å². The van der Waals surface area contributed by atoms with Gasteiger partial charge in [0.05, 0.1) is 13.2 Å². The van der Waals surface area contributed by atoms with Gasteiger partial charge in [-0.3, -0.25) is 0 Å². The van der Waals surface area contributed by atoms with Crippen LogP contribution in [0.15, 0.2) is 24.3 Å². The predicted octanol–water partition coefficient (Wildman–Crippen LogP) is 3.41. The van der Waals surface area contributed by atoms with E-state index in [1.165, 1.54) is 0 Å². The van der Waals surface area contributed by atoms with Gasteiger partial charge in [0.1, 0.15) is 5.75 Å². The Kier molecular flexibility index (Phi) is 2.74. The molecule has 1 N–H and O–H groups in total. The number of aliphatic hydroxyl groups is 1. The van der Waals surface area contributed by atoms with Gasteiger partial charge in [-0.25, -0.2) is 0 Å². The zero-order valence-corrected chi connectivity index (χ0v) is 11.3. The number of hydrogen-bond donors (Lipinski definition) is 1. The maximum absolute atomic E-state index is 10.6. The highest BCUT2D eigenvalue weighted by molar-refractivity contribution is 5.37. The molecule has 2 rings (SSSR count). The largest absolute Gasteiger partial charge is 0.496 e. The van der Waals surface area contributed by atoms with Crippen LogP contribution in [0.5, 0.6) is 5.75 Å². The van der Waals surface area contributed by atoms with Crippen LogP contribution in [-0.2, 0) is 0 Å². The van der Waals surface area contributed by atoms with Gasteiger partial charge in [0.15, 0.2) is 0 Å². The van der Waals surface area contributed by atoms with E-state index in [2.05, 4.69) is 27.7 Å². The molecular weight excluding hydrogens is 212 g/mol. The summed E-state index contributed by atoms with van der Waals surface area (Å²) in [7, 11) is 1.65. The van der Waals surface area contributed by atoms with Gasteiger partial charge < -0.3 is 9.84 Å². The summed E-state index contributed by atoms with van der Waals surface area (Å²) >= 11 is 0. The Morgan fingerprint density at radius 1 is 1.12 bits per heavy atom. The van der Waals surface area contributed by atoms with E-state index in [1.54, 1.807) is 7.11 Å². The smallest absolute Gasteiger partial charge is 0.124 e. The molecule has 0 bridgehead atoms. The normalized spacial score (nSPS) is 23.2. The summed E-state index contributed by atoms with van der Waals surface area (Å²) < 4.78 is 5.32. The van der Waals surface area contributed by atoms with Crippen molar-refractivity contribution < 1.29 is 9.84 Å². The minimum absolute atomic E-state index is 0.174. The number of ether oxygens (including phenoxy) is 1. The monoisotopic (exact) mass is 234 g/mol. The third-order valence-corrected chi connectivity index (χ3v) is 4.91. The Labute approximate surface area is 104 Å². The van der Waals surface area contributed by atoms with E-state index in [9.17, 15) is 5.11 Å². The highest BCUT2D eigenvalue weighted by Gasteiger charge is 2.67.